The maximum Gasteiger partial charge on any atom is 0.338 e. The first-order valence-electron chi connectivity index (χ1n) is 8.28. The molecule has 6 heteroatoms. The van der Waals surface area contributed by atoms with Crippen LogP contribution in [-0.2, 0) is 9.53 Å². The average Bonchev–Trinajstić information content (AvgIpc) is 2.54. The second-order valence-electron chi connectivity index (χ2n) is 6.83. The van der Waals surface area contributed by atoms with E-state index in [4.69, 9.17) is 9.94 Å². The summed E-state index contributed by atoms with van der Waals surface area (Å²) < 4.78 is 5.32. The van der Waals surface area contributed by atoms with Crippen molar-refractivity contribution in [2.75, 3.05) is 11.8 Å². The summed E-state index contributed by atoms with van der Waals surface area (Å²) >= 11 is 0. The molecule has 6 nitrogen and oxygen atoms in total. The predicted molar refractivity (Wildman–Crippen MR) is 89.6 cm³/mol. The van der Waals surface area contributed by atoms with Gasteiger partial charge in [-0.2, -0.15) is 0 Å². The quantitative estimate of drug-likeness (QED) is 0.655. The number of hydrogen-bond donors (Lipinski definition) is 1. The van der Waals surface area contributed by atoms with E-state index in [9.17, 15) is 14.8 Å². The number of ketones is 1. The van der Waals surface area contributed by atoms with Crippen LogP contribution >= 0.6 is 0 Å². The molecule has 1 aliphatic carbocycles. The summed E-state index contributed by atoms with van der Waals surface area (Å²) in [5.41, 5.74) is 0.305. The molecule has 2 rings (SSSR count). The molecule has 1 saturated carbocycles. The van der Waals surface area contributed by atoms with Gasteiger partial charge in [-0.25, -0.2) is 4.79 Å². The van der Waals surface area contributed by atoms with E-state index in [0.717, 1.165) is 12.8 Å². The first-order valence-corrected chi connectivity index (χ1v) is 8.28. The normalized spacial score (nSPS) is 24.1. The van der Waals surface area contributed by atoms with Crippen LogP contribution in [-0.4, -0.2) is 23.6 Å². The zero-order valence-corrected chi connectivity index (χ0v) is 14.3. The Morgan fingerprint density at radius 2 is 1.96 bits per heavy atom. The largest absolute Gasteiger partial charge is 0.733 e. The fraction of sp³-hybridized carbons (Fsp3) is 0.556. The molecule has 1 aromatic carbocycles. The van der Waals surface area contributed by atoms with E-state index in [1.807, 2.05) is 20.8 Å². The van der Waals surface area contributed by atoms with Gasteiger partial charge in [0.2, 0.25) is 0 Å². The van der Waals surface area contributed by atoms with Gasteiger partial charge in [-0.1, -0.05) is 20.8 Å². The van der Waals surface area contributed by atoms with Crippen LogP contribution in [0.1, 0.15) is 44.0 Å². The summed E-state index contributed by atoms with van der Waals surface area (Å²) in [4.78, 5) is 24.7. The third-order valence-electron chi connectivity index (χ3n) is 4.87. The van der Waals surface area contributed by atoms with E-state index in [-0.39, 0.29) is 46.6 Å². The molecule has 0 saturated heterocycles. The molecule has 0 aromatic heterocycles. The van der Waals surface area contributed by atoms with Gasteiger partial charge < -0.3 is 15.2 Å². The van der Waals surface area contributed by atoms with E-state index in [0.29, 0.717) is 5.92 Å². The van der Waals surface area contributed by atoms with Gasteiger partial charge in [-0.05, 0) is 48.9 Å². The molecule has 1 fully saturated rings. The zero-order valence-electron chi connectivity index (χ0n) is 14.3. The summed E-state index contributed by atoms with van der Waals surface area (Å²) in [5, 5.41) is 19.2. The molecule has 0 bridgehead atoms. The number of hydrogen-bond acceptors (Lipinski definition) is 6. The van der Waals surface area contributed by atoms with E-state index in [1.165, 1.54) is 24.3 Å². The molecule has 1 N–H and O–H groups in total. The number of carbonyl (C=O) groups is 2. The second-order valence-corrected chi connectivity index (χ2v) is 6.83. The number of nitrogens with zero attached hydrogens (tertiary/aromatic N) is 1. The van der Waals surface area contributed by atoms with Gasteiger partial charge in [-0.15, -0.1) is 0 Å². The molecule has 0 aliphatic heterocycles. The lowest BCUT2D eigenvalue weighted by atomic mass is 9.70. The van der Waals surface area contributed by atoms with Gasteiger partial charge in [0.15, 0.2) is 0 Å². The third kappa shape index (κ3) is 4.13. The van der Waals surface area contributed by atoms with Crippen LogP contribution in [0.25, 0.3) is 0 Å². The minimum atomic E-state index is -0.538. The highest BCUT2D eigenvalue weighted by atomic mass is 16.8. The molecular weight excluding hydrogens is 310 g/mol. The Balaban J connectivity index is 1.98. The minimum absolute atomic E-state index is 0.0300. The third-order valence-corrected chi connectivity index (χ3v) is 4.87. The predicted octanol–water partition coefficient (Wildman–Crippen LogP) is 3.42. The lowest BCUT2D eigenvalue weighted by Crippen LogP contribution is -2.39. The first kappa shape index (κ1) is 18.4. The average molecular weight is 334 g/mol. The molecule has 24 heavy (non-hydrogen) atoms. The van der Waals surface area contributed by atoms with Crippen molar-refractivity contribution in [1.29, 1.82) is 0 Å². The number of rotatable bonds is 5. The second kappa shape index (κ2) is 7.77. The maximum absolute atomic E-state index is 12.6. The summed E-state index contributed by atoms with van der Waals surface area (Å²) in [6.07, 6.45) is 1.86. The molecular formula is C18H24NO5-. The highest BCUT2D eigenvalue weighted by molar-refractivity contribution is 5.90. The summed E-state index contributed by atoms with van der Waals surface area (Å²) in [7, 11) is 0. The Morgan fingerprint density at radius 3 is 2.50 bits per heavy atom. The van der Waals surface area contributed by atoms with E-state index >= 15 is 0 Å². The summed E-state index contributed by atoms with van der Waals surface area (Å²) in [6.45, 7) is 6.19. The monoisotopic (exact) mass is 334 g/mol. The Hall–Kier alpha value is -1.92. The number of benzene rings is 1. The lowest BCUT2D eigenvalue weighted by Gasteiger charge is -2.34. The molecule has 132 valence electrons. The van der Waals surface area contributed by atoms with Crippen molar-refractivity contribution in [2.24, 2.45) is 23.7 Å². The van der Waals surface area contributed by atoms with Crippen LogP contribution in [0.2, 0.25) is 0 Å². The van der Waals surface area contributed by atoms with Crippen molar-refractivity contribution in [3.05, 3.63) is 35.0 Å². The number of carbonyl (C=O) groups excluding carboxylic acids is 2. The smallest absolute Gasteiger partial charge is 0.338 e. The highest BCUT2D eigenvalue weighted by Crippen LogP contribution is 2.34. The molecule has 3 atom stereocenters. The van der Waals surface area contributed by atoms with Gasteiger partial charge in [0, 0.05) is 5.92 Å². The van der Waals surface area contributed by atoms with Crippen LogP contribution in [0.15, 0.2) is 24.3 Å². The number of Topliss-reactive ketones (excluding diaryl/α,β-unsaturated/α-hetero) is 1. The van der Waals surface area contributed by atoms with Crippen LogP contribution in [0, 0.1) is 28.9 Å². The lowest BCUT2D eigenvalue weighted by molar-refractivity contribution is -0.134. The Kier molecular flexibility index (Phi) is 5.96. The van der Waals surface area contributed by atoms with E-state index in [2.05, 4.69) is 0 Å². The Morgan fingerprint density at radius 1 is 1.33 bits per heavy atom. The molecule has 0 heterocycles. The molecule has 1 aliphatic rings. The van der Waals surface area contributed by atoms with Gasteiger partial charge in [0.1, 0.15) is 12.4 Å². The Labute approximate surface area is 141 Å². The zero-order chi connectivity index (χ0) is 17.9. The molecule has 0 amide bonds. The van der Waals surface area contributed by atoms with Crippen molar-refractivity contribution in [3.8, 4) is 0 Å². The highest BCUT2D eigenvalue weighted by Gasteiger charge is 2.37. The van der Waals surface area contributed by atoms with Crippen molar-refractivity contribution in [3.63, 3.8) is 0 Å². The summed E-state index contributed by atoms with van der Waals surface area (Å²) in [5.74, 6) is -0.0751. The van der Waals surface area contributed by atoms with Crippen LogP contribution in [0.3, 0.4) is 0 Å². The van der Waals surface area contributed by atoms with Crippen molar-refractivity contribution in [1.82, 2.24) is 0 Å². The number of esters is 1. The van der Waals surface area contributed by atoms with Gasteiger partial charge >= 0.3 is 5.97 Å². The molecule has 0 spiro atoms. The topological polar surface area (TPSA) is 89.9 Å². The van der Waals surface area contributed by atoms with Crippen LogP contribution < -0.4 is 5.23 Å². The minimum Gasteiger partial charge on any atom is -0.733 e. The SMILES string of the molecule is CC(C)[C@H]1CC[C@H](C)[C@@H](COC(=O)c2ccc(N([O-])O)cc2)C1=O. The molecule has 1 aromatic rings. The van der Waals surface area contributed by atoms with Crippen LogP contribution in [0.5, 0.6) is 0 Å². The van der Waals surface area contributed by atoms with E-state index in [1.54, 1.807) is 0 Å². The van der Waals surface area contributed by atoms with Gasteiger partial charge in [-0.3, -0.25) is 10.0 Å². The van der Waals surface area contributed by atoms with Crippen molar-refractivity contribution in [2.45, 2.75) is 33.6 Å². The van der Waals surface area contributed by atoms with Crippen molar-refractivity contribution < 1.29 is 19.5 Å². The van der Waals surface area contributed by atoms with Crippen molar-refractivity contribution >= 4 is 17.4 Å². The van der Waals surface area contributed by atoms with Crippen LogP contribution in [0.4, 0.5) is 5.69 Å². The number of ether oxygens (including phenoxy) is 1. The fourth-order valence-corrected chi connectivity index (χ4v) is 3.22. The molecule has 0 radical (unpaired) electrons. The number of anilines is 1. The molecule has 0 unspecified atom stereocenters. The maximum atomic E-state index is 12.6. The first-order chi connectivity index (χ1) is 11.3. The van der Waals surface area contributed by atoms with Gasteiger partial charge in [0.05, 0.1) is 17.2 Å². The van der Waals surface area contributed by atoms with Gasteiger partial charge in [0.25, 0.3) is 0 Å². The standard InChI is InChI=1S/C18H24NO5/c1-11(2)15-9-4-12(3)16(17(15)20)10-24-18(21)13-5-7-14(8-6-13)19(22)23/h5-8,11-12,15-16,22H,4,9-10H2,1-3H3/q-1/t12-,15+,16+/m0/s1. The van der Waals surface area contributed by atoms with E-state index < -0.39 is 5.97 Å². The summed E-state index contributed by atoms with van der Waals surface area (Å²) in [6, 6.07) is 5.46. The fourth-order valence-electron chi connectivity index (χ4n) is 3.22. The Bertz CT molecular complexity index is 582.